The monoisotopic (exact) mass is 462 g/mol. The Morgan fingerprint density at radius 3 is 2.31 bits per heavy atom. The standard InChI is InChI=1S/C18H12F4N4O2.CHF3/c19-13-7-10(2-1-9-3-4-14(27)12(6-9)18(20,21)22)5-11-8-15(28-16(11)13)17-23-25-26-24-17;2-1(3)4/h3-8,27H,1-2H2,(H,23,24,25,26);1H. The fourth-order valence-corrected chi connectivity index (χ4v) is 2.94. The quantitative estimate of drug-likeness (QED) is 0.395. The Kier molecular flexibility index (Phi) is 6.65. The van der Waals surface area contributed by atoms with E-state index in [1.165, 1.54) is 12.1 Å². The molecule has 4 rings (SSSR count). The lowest BCUT2D eigenvalue weighted by molar-refractivity contribution is -0.138. The van der Waals surface area contributed by atoms with E-state index in [0.717, 1.165) is 12.1 Å². The van der Waals surface area contributed by atoms with Gasteiger partial charge < -0.3 is 9.52 Å². The van der Waals surface area contributed by atoms with Crippen LogP contribution in [0.15, 0.2) is 40.8 Å². The fraction of sp³-hybridized carbons (Fsp3) is 0.211. The van der Waals surface area contributed by atoms with Crippen molar-refractivity contribution < 1.29 is 40.3 Å². The normalized spacial score (nSPS) is 11.6. The number of hydrogen-bond donors (Lipinski definition) is 2. The number of H-pyrrole nitrogens is 1. The number of alkyl halides is 6. The summed E-state index contributed by atoms with van der Waals surface area (Å²) in [6, 6.07) is 7.85. The molecule has 2 aromatic carbocycles. The van der Waals surface area contributed by atoms with Crippen LogP contribution in [0, 0.1) is 5.82 Å². The third kappa shape index (κ3) is 5.53. The molecule has 0 aliphatic heterocycles. The number of aromatic hydroxyl groups is 1. The van der Waals surface area contributed by atoms with Crippen LogP contribution < -0.4 is 0 Å². The first-order valence-corrected chi connectivity index (χ1v) is 8.81. The maximum atomic E-state index is 14.4. The van der Waals surface area contributed by atoms with E-state index >= 15 is 0 Å². The topological polar surface area (TPSA) is 87.8 Å². The number of fused-ring (bicyclic) bond motifs is 1. The molecule has 4 aromatic rings. The first-order chi connectivity index (χ1) is 15.0. The highest BCUT2D eigenvalue weighted by Crippen LogP contribution is 2.36. The lowest BCUT2D eigenvalue weighted by Gasteiger charge is -2.11. The van der Waals surface area contributed by atoms with Gasteiger partial charge in [0, 0.05) is 5.39 Å². The Hall–Kier alpha value is -3.64. The summed E-state index contributed by atoms with van der Waals surface area (Å²) >= 11 is 0. The Bertz CT molecular complexity index is 1190. The molecule has 0 amide bonds. The highest BCUT2D eigenvalue weighted by Gasteiger charge is 2.33. The number of halogens is 7. The molecule has 0 saturated heterocycles. The Morgan fingerprint density at radius 2 is 1.69 bits per heavy atom. The molecule has 0 spiro atoms. The Morgan fingerprint density at radius 1 is 1.00 bits per heavy atom. The van der Waals surface area contributed by atoms with Crippen LogP contribution in [-0.4, -0.2) is 32.4 Å². The maximum Gasteiger partial charge on any atom is 0.419 e. The van der Waals surface area contributed by atoms with Crippen molar-refractivity contribution >= 4 is 11.0 Å². The number of nitrogens with one attached hydrogen (secondary N) is 1. The number of phenols is 1. The van der Waals surface area contributed by atoms with Gasteiger partial charge >= 0.3 is 12.9 Å². The smallest absolute Gasteiger partial charge is 0.419 e. The molecule has 32 heavy (non-hydrogen) atoms. The molecule has 0 bridgehead atoms. The number of furan rings is 1. The van der Waals surface area contributed by atoms with Crippen molar-refractivity contribution in [2.75, 3.05) is 0 Å². The third-order valence-corrected chi connectivity index (χ3v) is 4.27. The molecule has 13 heteroatoms. The van der Waals surface area contributed by atoms with Crippen LogP contribution in [0.2, 0.25) is 0 Å². The van der Waals surface area contributed by atoms with Gasteiger partial charge in [-0.05, 0) is 59.5 Å². The van der Waals surface area contributed by atoms with E-state index in [0.29, 0.717) is 22.9 Å². The summed E-state index contributed by atoms with van der Waals surface area (Å²) in [6.45, 7) is -3.67. The molecular formula is C19H13F7N4O2. The van der Waals surface area contributed by atoms with Crippen LogP contribution in [0.4, 0.5) is 30.7 Å². The van der Waals surface area contributed by atoms with Crippen LogP contribution in [0.5, 0.6) is 5.75 Å². The highest BCUT2D eigenvalue weighted by molar-refractivity contribution is 5.82. The first-order valence-electron chi connectivity index (χ1n) is 8.81. The number of hydrogen-bond acceptors (Lipinski definition) is 5. The first kappa shape index (κ1) is 23.0. The van der Waals surface area contributed by atoms with Gasteiger partial charge in [-0.15, -0.1) is 10.2 Å². The second kappa shape index (κ2) is 9.24. The van der Waals surface area contributed by atoms with E-state index in [2.05, 4.69) is 20.6 Å². The second-order valence-electron chi connectivity index (χ2n) is 6.44. The van der Waals surface area contributed by atoms with Crippen molar-refractivity contribution in [3.63, 3.8) is 0 Å². The van der Waals surface area contributed by atoms with Gasteiger partial charge in [-0.2, -0.15) is 31.6 Å². The van der Waals surface area contributed by atoms with Gasteiger partial charge in [-0.1, -0.05) is 6.07 Å². The Labute approximate surface area is 174 Å². The number of aromatic nitrogens is 4. The second-order valence-corrected chi connectivity index (χ2v) is 6.44. The van der Waals surface area contributed by atoms with Crippen molar-refractivity contribution in [3.05, 3.63) is 58.9 Å². The van der Waals surface area contributed by atoms with E-state index in [-0.39, 0.29) is 23.6 Å². The van der Waals surface area contributed by atoms with Crippen LogP contribution in [0.3, 0.4) is 0 Å². The maximum absolute atomic E-state index is 14.4. The number of rotatable bonds is 4. The zero-order chi connectivity index (χ0) is 23.5. The van der Waals surface area contributed by atoms with Crippen molar-refractivity contribution in [1.82, 2.24) is 20.6 Å². The number of aryl methyl sites for hydroxylation is 2. The predicted octanol–water partition coefficient (Wildman–Crippen LogP) is 5.44. The van der Waals surface area contributed by atoms with E-state index in [1.54, 1.807) is 12.1 Å². The summed E-state index contributed by atoms with van der Waals surface area (Å²) in [5, 5.41) is 23.1. The van der Waals surface area contributed by atoms with Gasteiger partial charge in [0.15, 0.2) is 17.2 Å². The van der Waals surface area contributed by atoms with Crippen LogP contribution in [0.25, 0.3) is 22.6 Å². The molecule has 0 fully saturated rings. The van der Waals surface area contributed by atoms with Crippen molar-refractivity contribution in [1.29, 1.82) is 0 Å². The number of nitrogens with zero attached hydrogens (tertiary/aromatic N) is 3. The van der Waals surface area contributed by atoms with Gasteiger partial charge in [0.05, 0.1) is 5.56 Å². The lowest BCUT2D eigenvalue weighted by Crippen LogP contribution is -2.06. The molecule has 6 nitrogen and oxygen atoms in total. The molecule has 2 N–H and O–H groups in total. The minimum Gasteiger partial charge on any atom is -0.507 e. The minimum atomic E-state index is -4.65. The molecule has 0 unspecified atom stereocenters. The average molecular weight is 462 g/mol. The molecule has 0 saturated carbocycles. The predicted molar refractivity (Wildman–Crippen MR) is 97.0 cm³/mol. The largest absolute Gasteiger partial charge is 0.507 e. The molecule has 0 aliphatic carbocycles. The summed E-state index contributed by atoms with van der Waals surface area (Å²) in [5.41, 5.74) is -0.0869. The summed E-state index contributed by atoms with van der Waals surface area (Å²) in [4.78, 5) is 0. The van der Waals surface area contributed by atoms with Crippen molar-refractivity contribution in [3.8, 4) is 17.3 Å². The summed E-state index contributed by atoms with van der Waals surface area (Å²) in [6.07, 6.45) is -4.10. The number of tetrazole rings is 1. The van der Waals surface area contributed by atoms with Gasteiger partial charge in [0.25, 0.3) is 0 Å². The lowest BCUT2D eigenvalue weighted by atomic mass is 10.0. The Balaban J connectivity index is 0.000000668. The number of phenolic OH excluding ortho intramolecular Hbond substituents is 1. The molecule has 0 radical (unpaired) electrons. The van der Waals surface area contributed by atoms with Gasteiger partial charge in [0.1, 0.15) is 5.75 Å². The third-order valence-electron chi connectivity index (χ3n) is 4.27. The average Bonchev–Trinajstić information content (AvgIpc) is 3.36. The summed E-state index contributed by atoms with van der Waals surface area (Å²) in [7, 11) is 0. The highest BCUT2D eigenvalue weighted by atomic mass is 19.4. The molecular weight excluding hydrogens is 449 g/mol. The van der Waals surface area contributed by atoms with E-state index in [4.69, 9.17) is 4.42 Å². The molecule has 0 aliphatic rings. The zero-order valence-electron chi connectivity index (χ0n) is 15.8. The SMILES string of the molecule is FC(F)F.Oc1ccc(CCc2cc(F)c3oc(-c4nn[nH]n4)cc3c2)cc1C(F)(F)F. The molecule has 2 aromatic heterocycles. The van der Waals surface area contributed by atoms with Gasteiger partial charge in [-0.3, -0.25) is 0 Å². The van der Waals surface area contributed by atoms with Crippen LogP contribution in [-0.2, 0) is 19.0 Å². The molecule has 170 valence electrons. The van der Waals surface area contributed by atoms with E-state index in [1.807, 2.05) is 0 Å². The minimum absolute atomic E-state index is 0.0348. The van der Waals surface area contributed by atoms with Gasteiger partial charge in [0.2, 0.25) is 5.82 Å². The van der Waals surface area contributed by atoms with E-state index in [9.17, 15) is 35.8 Å². The number of benzene rings is 2. The van der Waals surface area contributed by atoms with Crippen molar-refractivity contribution in [2.24, 2.45) is 0 Å². The molecule has 0 atom stereocenters. The molecule has 2 heterocycles. The van der Waals surface area contributed by atoms with Crippen LogP contribution >= 0.6 is 0 Å². The fourth-order valence-electron chi connectivity index (χ4n) is 2.94. The number of aromatic amines is 1. The van der Waals surface area contributed by atoms with Crippen molar-refractivity contribution in [2.45, 2.75) is 25.7 Å². The summed E-state index contributed by atoms with van der Waals surface area (Å²) < 4.78 is 87.5. The van der Waals surface area contributed by atoms with E-state index < -0.39 is 30.0 Å². The van der Waals surface area contributed by atoms with Gasteiger partial charge in [-0.25, -0.2) is 4.39 Å². The van der Waals surface area contributed by atoms with Crippen LogP contribution in [0.1, 0.15) is 16.7 Å². The summed E-state index contributed by atoms with van der Waals surface area (Å²) in [5.74, 6) is -0.992. The zero-order valence-corrected chi connectivity index (χ0v) is 15.8.